The molecule has 1 aromatic rings. The van der Waals surface area contributed by atoms with E-state index in [1.807, 2.05) is 0 Å². The van der Waals surface area contributed by atoms with Crippen molar-refractivity contribution in [3.8, 4) is 0 Å². The Morgan fingerprint density at radius 1 is 1.12 bits per heavy atom. The fourth-order valence-corrected chi connectivity index (χ4v) is 4.31. The van der Waals surface area contributed by atoms with Crippen LogP contribution in [0.3, 0.4) is 0 Å². The van der Waals surface area contributed by atoms with Gasteiger partial charge in [0.15, 0.2) is 0 Å². The van der Waals surface area contributed by atoms with Crippen molar-refractivity contribution in [2.24, 2.45) is 5.92 Å². The van der Waals surface area contributed by atoms with Crippen LogP contribution in [0.25, 0.3) is 0 Å². The molecule has 86 valence electrons. The highest BCUT2D eigenvalue weighted by Gasteiger charge is 2.83. The van der Waals surface area contributed by atoms with Crippen molar-refractivity contribution < 1.29 is 4.74 Å². The van der Waals surface area contributed by atoms with Crippen LogP contribution in [0, 0.1) is 5.92 Å². The summed E-state index contributed by atoms with van der Waals surface area (Å²) in [6.07, 6.45) is 5.13. The minimum Gasteiger partial charge on any atom is -0.365 e. The first-order chi connectivity index (χ1) is 8.35. The molecule has 2 bridgehead atoms. The molecule has 2 unspecified atom stereocenters. The Bertz CT molecular complexity index is 528. The first-order valence-electron chi connectivity index (χ1n) is 6.27. The van der Waals surface area contributed by atoms with Gasteiger partial charge in [-0.15, -0.1) is 0 Å². The lowest BCUT2D eigenvalue weighted by Gasteiger charge is -2.41. The Kier molecular flexibility index (Phi) is 1.29. The first-order valence-corrected chi connectivity index (χ1v) is 6.27. The van der Waals surface area contributed by atoms with Crippen LogP contribution in [0.5, 0.6) is 0 Å². The Balaban J connectivity index is 1.64. The van der Waals surface area contributed by atoms with E-state index in [1.165, 1.54) is 5.56 Å². The number of hydrogen-bond donors (Lipinski definition) is 0. The van der Waals surface area contributed by atoms with Crippen LogP contribution in [0.1, 0.15) is 5.56 Å². The predicted molar refractivity (Wildman–Crippen MR) is 62.8 cm³/mol. The van der Waals surface area contributed by atoms with Crippen molar-refractivity contribution in [3.05, 3.63) is 48.0 Å². The van der Waals surface area contributed by atoms with Crippen molar-refractivity contribution >= 4 is 0 Å². The van der Waals surface area contributed by atoms with Gasteiger partial charge >= 0.3 is 0 Å². The molecule has 3 fully saturated rings. The second-order valence-corrected chi connectivity index (χ2v) is 5.43. The monoisotopic (exact) mass is 226 g/mol. The summed E-state index contributed by atoms with van der Waals surface area (Å²) >= 11 is 0. The Hall–Kier alpha value is -1.16. The highest BCUT2D eigenvalue weighted by molar-refractivity contribution is 5.42. The molecule has 3 nitrogen and oxygen atoms in total. The predicted octanol–water partition coefficient (Wildman–Crippen LogP) is 1.34. The Morgan fingerprint density at radius 2 is 1.88 bits per heavy atom. The van der Waals surface area contributed by atoms with Gasteiger partial charge in [0.05, 0.1) is 18.2 Å². The van der Waals surface area contributed by atoms with Crippen LogP contribution in [-0.4, -0.2) is 35.3 Å². The van der Waals surface area contributed by atoms with E-state index in [2.05, 4.69) is 59.5 Å². The van der Waals surface area contributed by atoms with Gasteiger partial charge in [-0.05, 0) is 5.56 Å². The van der Waals surface area contributed by atoms with E-state index < -0.39 is 0 Å². The van der Waals surface area contributed by atoms with Crippen LogP contribution in [0.15, 0.2) is 42.5 Å². The third kappa shape index (κ3) is 0.731. The van der Waals surface area contributed by atoms with Gasteiger partial charge in [-0.25, -0.2) is 10.0 Å². The molecule has 0 radical (unpaired) electrons. The summed E-state index contributed by atoms with van der Waals surface area (Å²) in [6.45, 7) is 0. The fourth-order valence-electron chi connectivity index (χ4n) is 4.31. The van der Waals surface area contributed by atoms with Gasteiger partial charge in [-0.2, -0.15) is 0 Å². The molecule has 17 heavy (non-hydrogen) atoms. The van der Waals surface area contributed by atoms with E-state index in [-0.39, 0.29) is 5.66 Å². The first kappa shape index (κ1) is 8.86. The van der Waals surface area contributed by atoms with E-state index in [1.54, 1.807) is 0 Å². The zero-order chi connectivity index (χ0) is 11.2. The molecule has 3 heteroatoms. The number of hydrogen-bond acceptors (Lipinski definition) is 3. The van der Waals surface area contributed by atoms with Gasteiger partial charge in [0.2, 0.25) is 0 Å². The van der Waals surface area contributed by atoms with Crippen LogP contribution in [-0.2, 0) is 10.4 Å². The van der Waals surface area contributed by atoms with Gasteiger partial charge in [-0.3, -0.25) is 0 Å². The molecule has 5 rings (SSSR count). The van der Waals surface area contributed by atoms with Gasteiger partial charge in [0.25, 0.3) is 0 Å². The SMILES string of the molecule is CN1N2[C@@H]3[C@@H]([C@@H]4C=C[C@H]3O4)[C@]12c1ccccc1. The third-order valence-corrected chi connectivity index (χ3v) is 4.94. The second kappa shape index (κ2) is 2.48. The number of nitrogens with zero attached hydrogens (tertiary/aromatic N) is 2. The number of benzene rings is 1. The molecule has 4 aliphatic rings. The standard InChI is InChI=1S/C14H14N2O/c1-15-14(9-5-3-2-4-6-9)12-10-7-8-11(17-10)13(12)16(14)15/h2-8,10-13H,1H3/t10-,11+,12+,13-,14+,15?,16?/m0/s1. The molecular weight excluding hydrogens is 212 g/mol. The van der Waals surface area contributed by atoms with Crippen LogP contribution in [0.4, 0.5) is 0 Å². The summed E-state index contributed by atoms with van der Waals surface area (Å²) in [5.41, 5.74) is 1.55. The van der Waals surface area contributed by atoms with Crippen molar-refractivity contribution in [3.63, 3.8) is 0 Å². The minimum absolute atomic E-state index is 0.135. The van der Waals surface area contributed by atoms with Crippen molar-refractivity contribution in [1.82, 2.24) is 10.0 Å². The average molecular weight is 226 g/mol. The zero-order valence-electron chi connectivity index (χ0n) is 9.65. The van der Waals surface area contributed by atoms with Gasteiger partial charge in [0.1, 0.15) is 5.66 Å². The van der Waals surface area contributed by atoms with Crippen molar-refractivity contribution in [2.45, 2.75) is 23.9 Å². The number of rotatable bonds is 1. The van der Waals surface area contributed by atoms with E-state index in [9.17, 15) is 0 Å². The summed E-state index contributed by atoms with van der Waals surface area (Å²) in [5, 5.41) is 4.88. The quantitative estimate of drug-likeness (QED) is 0.530. The average Bonchev–Trinajstić information content (AvgIpc) is 2.71. The van der Waals surface area contributed by atoms with Gasteiger partial charge in [0, 0.05) is 13.0 Å². The highest BCUT2D eigenvalue weighted by Crippen LogP contribution is 2.70. The Labute approximate surface area is 100 Å². The van der Waals surface area contributed by atoms with E-state index in [0.29, 0.717) is 24.2 Å². The van der Waals surface area contributed by atoms with Crippen LogP contribution >= 0.6 is 0 Å². The molecule has 7 atom stereocenters. The molecule has 4 heterocycles. The molecular formula is C14H14N2O. The minimum atomic E-state index is 0.135. The maximum Gasteiger partial charge on any atom is 0.133 e. The molecule has 0 aromatic heterocycles. The maximum atomic E-state index is 5.98. The molecule has 0 aliphatic carbocycles. The summed E-state index contributed by atoms with van der Waals surface area (Å²) in [7, 11) is 2.20. The summed E-state index contributed by atoms with van der Waals surface area (Å²) in [5.74, 6) is 0.616. The fraction of sp³-hybridized carbons (Fsp3) is 0.429. The third-order valence-electron chi connectivity index (χ3n) is 4.94. The highest BCUT2D eigenvalue weighted by atomic mass is 16.5. The van der Waals surface area contributed by atoms with Crippen LogP contribution in [0.2, 0.25) is 0 Å². The summed E-state index contributed by atoms with van der Waals surface area (Å²) < 4.78 is 5.98. The van der Waals surface area contributed by atoms with Crippen molar-refractivity contribution in [2.75, 3.05) is 7.05 Å². The van der Waals surface area contributed by atoms with Gasteiger partial charge < -0.3 is 4.74 Å². The molecule has 1 aromatic carbocycles. The van der Waals surface area contributed by atoms with Crippen molar-refractivity contribution in [1.29, 1.82) is 0 Å². The largest absolute Gasteiger partial charge is 0.365 e. The number of hydrazine groups is 1. The molecule has 0 N–H and O–H groups in total. The van der Waals surface area contributed by atoms with Crippen LogP contribution < -0.4 is 0 Å². The van der Waals surface area contributed by atoms with E-state index in [4.69, 9.17) is 4.74 Å². The second-order valence-electron chi connectivity index (χ2n) is 5.43. The van der Waals surface area contributed by atoms with E-state index in [0.717, 1.165) is 0 Å². The molecule has 4 aliphatic heterocycles. The molecule has 3 saturated heterocycles. The molecule has 0 amide bonds. The molecule has 0 spiro atoms. The topological polar surface area (TPSA) is 15.2 Å². The smallest absolute Gasteiger partial charge is 0.133 e. The lowest BCUT2D eigenvalue weighted by atomic mass is 9.71. The van der Waals surface area contributed by atoms with Gasteiger partial charge in [-0.1, -0.05) is 42.5 Å². The summed E-state index contributed by atoms with van der Waals surface area (Å²) in [6, 6.07) is 11.4. The Morgan fingerprint density at radius 3 is 2.71 bits per heavy atom. The number of ether oxygens (including phenoxy) is 1. The lowest BCUT2D eigenvalue weighted by Crippen LogP contribution is -2.55. The summed E-state index contributed by atoms with van der Waals surface area (Å²) in [4.78, 5) is 0. The zero-order valence-corrected chi connectivity index (χ0v) is 9.65. The number of fused-ring (bicyclic) bond motifs is 8. The van der Waals surface area contributed by atoms with E-state index >= 15 is 0 Å². The normalized spacial score (nSPS) is 56.3. The maximum absolute atomic E-state index is 5.98. The molecule has 0 saturated carbocycles. The lowest BCUT2D eigenvalue weighted by molar-refractivity contribution is 0.0785.